The minimum atomic E-state index is -4.44. The SMILES string of the molecule is COC1(C(F)(F)F)CCN(CC(=O)Nc2ccccc2)C1. The summed E-state index contributed by atoms with van der Waals surface area (Å²) in [6.07, 6.45) is -4.60. The van der Waals surface area contributed by atoms with Gasteiger partial charge in [0.1, 0.15) is 0 Å². The predicted molar refractivity (Wildman–Crippen MR) is 71.9 cm³/mol. The van der Waals surface area contributed by atoms with Gasteiger partial charge >= 0.3 is 6.18 Å². The van der Waals surface area contributed by atoms with Crippen molar-refractivity contribution < 1.29 is 22.7 Å². The Labute approximate surface area is 120 Å². The number of rotatable bonds is 4. The Bertz CT molecular complexity index is 493. The summed E-state index contributed by atoms with van der Waals surface area (Å²) in [4.78, 5) is 13.3. The van der Waals surface area contributed by atoms with E-state index in [0.717, 1.165) is 7.11 Å². The minimum absolute atomic E-state index is 0.0872. The molecule has 1 fully saturated rings. The highest BCUT2D eigenvalue weighted by molar-refractivity contribution is 5.92. The van der Waals surface area contributed by atoms with Crippen molar-refractivity contribution in [3.05, 3.63) is 30.3 Å². The van der Waals surface area contributed by atoms with E-state index >= 15 is 0 Å². The number of carbonyl (C=O) groups excluding carboxylic acids is 1. The summed E-state index contributed by atoms with van der Waals surface area (Å²) < 4.78 is 43.8. The van der Waals surface area contributed by atoms with Crippen molar-refractivity contribution in [1.29, 1.82) is 0 Å². The van der Waals surface area contributed by atoms with Crippen LogP contribution in [0.15, 0.2) is 30.3 Å². The maximum atomic E-state index is 13.0. The van der Waals surface area contributed by atoms with Gasteiger partial charge in [0.15, 0.2) is 5.60 Å². The molecule has 1 aliphatic rings. The molecule has 0 bridgehead atoms. The monoisotopic (exact) mass is 302 g/mol. The third-order valence-corrected chi connectivity index (χ3v) is 3.64. The summed E-state index contributed by atoms with van der Waals surface area (Å²) in [5.74, 6) is -0.338. The van der Waals surface area contributed by atoms with Crippen molar-refractivity contribution in [1.82, 2.24) is 4.90 Å². The number of amides is 1. The maximum absolute atomic E-state index is 13.0. The highest BCUT2D eigenvalue weighted by Crippen LogP contribution is 2.40. The molecule has 2 rings (SSSR count). The van der Waals surface area contributed by atoms with E-state index in [1.807, 2.05) is 6.07 Å². The summed E-state index contributed by atoms with van der Waals surface area (Å²) in [6, 6.07) is 8.79. The molecule has 1 unspecified atom stereocenters. The van der Waals surface area contributed by atoms with Crippen LogP contribution in [0.1, 0.15) is 6.42 Å². The van der Waals surface area contributed by atoms with Gasteiger partial charge in [-0.1, -0.05) is 18.2 Å². The maximum Gasteiger partial charge on any atom is 0.418 e. The van der Waals surface area contributed by atoms with Gasteiger partial charge in [0.25, 0.3) is 0 Å². The Balaban J connectivity index is 1.92. The zero-order chi connectivity index (χ0) is 15.5. The highest BCUT2D eigenvalue weighted by Gasteiger charge is 2.58. The molecule has 1 aliphatic heterocycles. The van der Waals surface area contributed by atoms with E-state index < -0.39 is 11.8 Å². The molecule has 1 heterocycles. The molecule has 1 atom stereocenters. The van der Waals surface area contributed by atoms with E-state index in [1.54, 1.807) is 24.3 Å². The van der Waals surface area contributed by atoms with Gasteiger partial charge in [0.05, 0.1) is 6.54 Å². The normalized spacial score (nSPS) is 23.2. The summed E-state index contributed by atoms with van der Waals surface area (Å²) in [5.41, 5.74) is -1.55. The van der Waals surface area contributed by atoms with Crippen LogP contribution in [0, 0.1) is 0 Å². The van der Waals surface area contributed by atoms with Gasteiger partial charge in [-0.15, -0.1) is 0 Å². The third-order valence-electron chi connectivity index (χ3n) is 3.64. The average molecular weight is 302 g/mol. The van der Waals surface area contributed by atoms with E-state index in [9.17, 15) is 18.0 Å². The van der Waals surface area contributed by atoms with Crippen LogP contribution in [0.2, 0.25) is 0 Å². The quantitative estimate of drug-likeness (QED) is 0.928. The van der Waals surface area contributed by atoms with Crippen LogP contribution in [0.4, 0.5) is 18.9 Å². The number of alkyl halides is 3. The van der Waals surface area contributed by atoms with Crippen LogP contribution in [0.5, 0.6) is 0 Å². The standard InChI is InChI=1S/C14H17F3N2O2/c1-21-13(14(15,16)17)7-8-19(10-13)9-12(20)18-11-5-3-2-4-6-11/h2-6H,7-10H2,1H3,(H,18,20). The van der Waals surface area contributed by atoms with Gasteiger partial charge in [-0.05, 0) is 18.6 Å². The van der Waals surface area contributed by atoms with Gasteiger partial charge in [-0.2, -0.15) is 13.2 Å². The molecule has 0 spiro atoms. The third kappa shape index (κ3) is 3.54. The number of ether oxygens (including phenoxy) is 1. The van der Waals surface area contributed by atoms with Crippen molar-refractivity contribution in [3.8, 4) is 0 Å². The second-order valence-electron chi connectivity index (χ2n) is 5.07. The van der Waals surface area contributed by atoms with E-state index in [0.29, 0.717) is 5.69 Å². The molecule has 1 N–H and O–H groups in total. The zero-order valence-corrected chi connectivity index (χ0v) is 11.6. The molecule has 1 aromatic carbocycles. The fraction of sp³-hybridized carbons (Fsp3) is 0.500. The van der Waals surface area contributed by atoms with Gasteiger partial charge in [-0.3, -0.25) is 9.69 Å². The number of halogens is 3. The molecule has 4 nitrogen and oxygen atoms in total. The largest absolute Gasteiger partial charge is 0.418 e. The van der Waals surface area contributed by atoms with Gasteiger partial charge in [-0.25, -0.2) is 0 Å². The van der Waals surface area contributed by atoms with Gasteiger partial charge in [0.2, 0.25) is 5.91 Å². The molecule has 7 heteroatoms. The molecule has 0 aliphatic carbocycles. The molecule has 0 aromatic heterocycles. The van der Waals surface area contributed by atoms with Crippen LogP contribution in [-0.4, -0.2) is 49.3 Å². The van der Waals surface area contributed by atoms with Crippen LogP contribution in [0.3, 0.4) is 0 Å². The summed E-state index contributed by atoms with van der Waals surface area (Å²) in [7, 11) is 1.06. The Morgan fingerprint density at radius 2 is 2.05 bits per heavy atom. The minimum Gasteiger partial charge on any atom is -0.367 e. The molecule has 1 saturated heterocycles. The van der Waals surface area contributed by atoms with E-state index in [1.165, 1.54) is 4.90 Å². The fourth-order valence-corrected chi connectivity index (χ4v) is 2.43. The van der Waals surface area contributed by atoms with Crippen LogP contribution in [-0.2, 0) is 9.53 Å². The molecular formula is C14H17F3N2O2. The molecule has 0 radical (unpaired) electrons. The van der Waals surface area contributed by atoms with Crippen LogP contribution in [0.25, 0.3) is 0 Å². The van der Waals surface area contributed by atoms with Crippen molar-refractivity contribution in [2.75, 3.05) is 32.1 Å². The van der Waals surface area contributed by atoms with Crippen LogP contribution < -0.4 is 5.32 Å². The molecule has 1 aromatic rings. The first-order chi connectivity index (χ1) is 9.86. The molecular weight excluding hydrogens is 285 g/mol. The van der Waals surface area contributed by atoms with Crippen molar-refractivity contribution in [2.24, 2.45) is 0 Å². The molecule has 21 heavy (non-hydrogen) atoms. The number of hydrogen-bond donors (Lipinski definition) is 1. The lowest BCUT2D eigenvalue weighted by molar-refractivity contribution is -0.263. The summed E-state index contributed by atoms with van der Waals surface area (Å²) in [5, 5.41) is 2.65. The van der Waals surface area contributed by atoms with E-state index in [-0.39, 0.29) is 32.0 Å². The van der Waals surface area contributed by atoms with Crippen molar-refractivity contribution in [3.63, 3.8) is 0 Å². The number of hydrogen-bond acceptors (Lipinski definition) is 3. The Morgan fingerprint density at radius 1 is 1.38 bits per heavy atom. The number of carbonyl (C=O) groups is 1. The van der Waals surface area contributed by atoms with Gasteiger partial charge < -0.3 is 10.1 Å². The number of nitrogens with zero attached hydrogens (tertiary/aromatic N) is 1. The van der Waals surface area contributed by atoms with Gasteiger partial charge in [0, 0.05) is 25.9 Å². The number of methoxy groups -OCH3 is 1. The van der Waals surface area contributed by atoms with Crippen LogP contribution >= 0.6 is 0 Å². The zero-order valence-electron chi connectivity index (χ0n) is 11.6. The second kappa shape index (κ2) is 6.03. The Kier molecular flexibility index (Phi) is 4.53. The number of benzene rings is 1. The Morgan fingerprint density at radius 3 is 2.57 bits per heavy atom. The smallest absolute Gasteiger partial charge is 0.367 e. The highest BCUT2D eigenvalue weighted by atomic mass is 19.4. The fourth-order valence-electron chi connectivity index (χ4n) is 2.43. The second-order valence-corrected chi connectivity index (χ2v) is 5.07. The number of para-hydroxylation sites is 1. The number of nitrogens with one attached hydrogen (secondary N) is 1. The number of anilines is 1. The first kappa shape index (κ1) is 15.8. The predicted octanol–water partition coefficient (Wildman–Crippen LogP) is 2.28. The lowest BCUT2D eigenvalue weighted by atomic mass is 10.0. The Hall–Kier alpha value is -1.60. The lowest BCUT2D eigenvalue weighted by Crippen LogP contribution is -2.49. The summed E-state index contributed by atoms with van der Waals surface area (Å²) in [6.45, 7) is -0.235. The molecule has 0 saturated carbocycles. The van der Waals surface area contributed by atoms with E-state index in [2.05, 4.69) is 5.32 Å². The molecule has 116 valence electrons. The van der Waals surface area contributed by atoms with Crippen molar-refractivity contribution in [2.45, 2.75) is 18.2 Å². The summed E-state index contributed by atoms with van der Waals surface area (Å²) >= 11 is 0. The average Bonchev–Trinajstić information content (AvgIpc) is 2.84. The van der Waals surface area contributed by atoms with Crippen molar-refractivity contribution >= 4 is 11.6 Å². The number of likely N-dealkylation sites (tertiary alicyclic amines) is 1. The molecule has 1 amide bonds. The van der Waals surface area contributed by atoms with E-state index in [4.69, 9.17) is 4.74 Å². The first-order valence-corrected chi connectivity index (χ1v) is 6.55. The topological polar surface area (TPSA) is 41.6 Å². The first-order valence-electron chi connectivity index (χ1n) is 6.55. The lowest BCUT2D eigenvalue weighted by Gasteiger charge is -2.30.